The molecule has 0 unspecified atom stereocenters. The number of oxazole rings is 1. The number of ether oxygens (including phenoxy) is 1. The van der Waals surface area contributed by atoms with Crippen molar-refractivity contribution < 1.29 is 18.7 Å². The van der Waals surface area contributed by atoms with Crippen LogP contribution in [0.4, 0.5) is 0 Å². The fourth-order valence-corrected chi connectivity index (χ4v) is 5.09. The molecule has 3 aliphatic rings. The van der Waals surface area contributed by atoms with Crippen LogP contribution in [0, 0.1) is 5.92 Å². The van der Waals surface area contributed by atoms with E-state index in [0.717, 1.165) is 75.8 Å². The highest BCUT2D eigenvalue weighted by molar-refractivity contribution is 5.84. The zero-order valence-electron chi connectivity index (χ0n) is 18.6. The summed E-state index contributed by atoms with van der Waals surface area (Å²) < 4.78 is 11.3. The summed E-state index contributed by atoms with van der Waals surface area (Å²) in [5, 5.41) is 0. The maximum atomic E-state index is 13.2. The summed E-state index contributed by atoms with van der Waals surface area (Å²) >= 11 is 0. The van der Waals surface area contributed by atoms with Crippen LogP contribution in [0.25, 0.3) is 11.1 Å². The predicted octanol–water partition coefficient (Wildman–Crippen LogP) is 2.10. The van der Waals surface area contributed by atoms with Crippen LogP contribution in [0.15, 0.2) is 28.7 Å². The number of hydrogen-bond acceptors (Lipinski definition) is 6. The van der Waals surface area contributed by atoms with Crippen molar-refractivity contribution in [3.05, 3.63) is 30.2 Å². The molecule has 8 nitrogen and oxygen atoms in total. The lowest BCUT2D eigenvalue weighted by atomic mass is 9.92. The summed E-state index contributed by atoms with van der Waals surface area (Å²) in [4.78, 5) is 36.5. The Bertz CT molecular complexity index is 913. The lowest BCUT2D eigenvalue weighted by molar-refractivity contribution is -0.144. The van der Waals surface area contributed by atoms with Crippen molar-refractivity contribution in [3.8, 4) is 0 Å². The molecule has 3 aliphatic heterocycles. The molecule has 2 aromatic rings. The number of likely N-dealkylation sites (tertiary alicyclic amines) is 2. The van der Waals surface area contributed by atoms with Gasteiger partial charge in [-0.25, -0.2) is 4.98 Å². The number of morpholine rings is 1. The molecule has 2 amide bonds. The highest BCUT2D eigenvalue weighted by Gasteiger charge is 2.35. The van der Waals surface area contributed by atoms with Crippen LogP contribution in [0.2, 0.25) is 0 Å². The molecule has 1 aromatic heterocycles. The van der Waals surface area contributed by atoms with Crippen molar-refractivity contribution in [1.82, 2.24) is 19.7 Å². The number of aromatic nitrogens is 1. The van der Waals surface area contributed by atoms with E-state index in [-0.39, 0.29) is 23.7 Å². The average Bonchev–Trinajstić information content (AvgIpc) is 3.28. The summed E-state index contributed by atoms with van der Waals surface area (Å²) in [6.07, 6.45) is 2.87. The van der Waals surface area contributed by atoms with E-state index < -0.39 is 0 Å². The van der Waals surface area contributed by atoms with Crippen LogP contribution < -0.4 is 0 Å². The quantitative estimate of drug-likeness (QED) is 0.709. The third-order valence-electron chi connectivity index (χ3n) is 7.11. The van der Waals surface area contributed by atoms with Crippen LogP contribution in [0.3, 0.4) is 0 Å². The molecule has 172 valence electrons. The van der Waals surface area contributed by atoms with Gasteiger partial charge in [0.1, 0.15) is 5.52 Å². The molecular weight excluding hydrogens is 408 g/mol. The molecule has 0 N–H and O–H groups in total. The zero-order valence-corrected chi connectivity index (χ0v) is 18.6. The minimum atomic E-state index is -0.0849. The van der Waals surface area contributed by atoms with Gasteiger partial charge < -0.3 is 19.0 Å². The van der Waals surface area contributed by atoms with E-state index in [1.807, 2.05) is 34.1 Å². The second-order valence-corrected chi connectivity index (χ2v) is 9.15. The maximum Gasteiger partial charge on any atom is 0.227 e. The first-order valence-corrected chi connectivity index (χ1v) is 11.9. The molecule has 1 atom stereocenters. The summed E-state index contributed by atoms with van der Waals surface area (Å²) in [6, 6.07) is 7.84. The SMILES string of the molecule is O=C1CC[C@H](C(=O)N2CCC(c3nc4ccccc4o3)CC2)CN1CCN1CCOCC1. The van der Waals surface area contributed by atoms with Gasteiger partial charge in [0.25, 0.3) is 0 Å². The molecule has 3 saturated heterocycles. The fourth-order valence-electron chi connectivity index (χ4n) is 5.09. The normalized spacial score (nSPS) is 23.8. The van der Waals surface area contributed by atoms with Crippen molar-refractivity contribution in [1.29, 1.82) is 0 Å². The fraction of sp³-hybridized carbons (Fsp3) is 0.625. The summed E-state index contributed by atoms with van der Waals surface area (Å²) in [5.74, 6) is 1.33. The molecule has 3 fully saturated rings. The smallest absolute Gasteiger partial charge is 0.227 e. The van der Waals surface area contributed by atoms with Gasteiger partial charge in [0, 0.05) is 58.2 Å². The number of carbonyl (C=O) groups excluding carboxylic acids is 2. The van der Waals surface area contributed by atoms with Gasteiger partial charge in [-0.05, 0) is 31.4 Å². The van der Waals surface area contributed by atoms with E-state index in [1.165, 1.54) is 0 Å². The van der Waals surface area contributed by atoms with Gasteiger partial charge in [0.2, 0.25) is 11.8 Å². The number of fused-ring (bicyclic) bond motifs is 1. The molecule has 0 aliphatic carbocycles. The number of carbonyl (C=O) groups is 2. The first-order valence-electron chi connectivity index (χ1n) is 11.9. The standard InChI is InChI=1S/C24H32N4O4/c29-22-6-5-19(17-28(22)12-11-26-13-15-31-16-14-26)24(30)27-9-7-18(8-10-27)23-25-20-3-1-2-4-21(20)32-23/h1-4,18-19H,5-17H2/t19-/m0/s1. The Labute approximate surface area is 188 Å². The lowest BCUT2D eigenvalue weighted by Gasteiger charge is -2.38. The van der Waals surface area contributed by atoms with E-state index in [0.29, 0.717) is 25.9 Å². The number of para-hydroxylation sites is 2. The number of benzene rings is 1. The molecule has 1 aromatic carbocycles. The first-order chi connectivity index (χ1) is 15.7. The van der Waals surface area contributed by atoms with Gasteiger partial charge in [0.05, 0.1) is 19.1 Å². The molecule has 32 heavy (non-hydrogen) atoms. The monoisotopic (exact) mass is 440 g/mol. The molecule has 4 heterocycles. The zero-order chi connectivity index (χ0) is 21.9. The Balaban J connectivity index is 1.13. The van der Waals surface area contributed by atoms with Crippen LogP contribution >= 0.6 is 0 Å². The molecular formula is C24H32N4O4. The van der Waals surface area contributed by atoms with Gasteiger partial charge in [-0.15, -0.1) is 0 Å². The Morgan fingerprint density at radius 1 is 1.03 bits per heavy atom. The molecule has 0 radical (unpaired) electrons. The van der Waals surface area contributed by atoms with Crippen molar-refractivity contribution in [3.63, 3.8) is 0 Å². The van der Waals surface area contributed by atoms with Crippen LogP contribution in [0.5, 0.6) is 0 Å². The Kier molecular flexibility index (Phi) is 6.41. The van der Waals surface area contributed by atoms with Crippen molar-refractivity contribution >= 4 is 22.9 Å². The average molecular weight is 441 g/mol. The minimum Gasteiger partial charge on any atom is -0.440 e. The third-order valence-corrected chi connectivity index (χ3v) is 7.11. The lowest BCUT2D eigenvalue weighted by Crippen LogP contribution is -2.50. The molecule has 0 spiro atoms. The number of nitrogens with zero attached hydrogens (tertiary/aromatic N) is 4. The number of amides is 2. The predicted molar refractivity (Wildman–Crippen MR) is 119 cm³/mol. The highest BCUT2D eigenvalue weighted by Crippen LogP contribution is 2.31. The van der Waals surface area contributed by atoms with E-state index in [2.05, 4.69) is 9.88 Å². The van der Waals surface area contributed by atoms with Gasteiger partial charge in [-0.2, -0.15) is 0 Å². The second-order valence-electron chi connectivity index (χ2n) is 9.15. The molecule has 8 heteroatoms. The highest BCUT2D eigenvalue weighted by atomic mass is 16.5. The number of hydrogen-bond donors (Lipinski definition) is 0. The third kappa shape index (κ3) is 4.66. The van der Waals surface area contributed by atoms with Gasteiger partial charge in [-0.1, -0.05) is 12.1 Å². The van der Waals surface area contributed by atoms with Crippen molar-refractivity contribution in [2.75, 3.05) is 59.0 Å². The first kappa shape index (κ1) is 21.4. The second kappa shape index (κ2) is 9.58. The molecule has 0 saturated carbocycles. The topological polar surface area (TPSA) is 79.1 Å². The maximum absolute atomic E-state index is 13.2. The Morgan fingerprint density at radius 2 is 1.81 bits per heavy atom. The van der Waals surface area contributed by atoms with Crippen LogP contribution in [0.1, 0.15) is 37.5 Å². The number of piperidine rings is 2. The molecule has 5 rings (SSSR count). The number of rotatable bonds is 5. The summed E-state index contributed by atoms with van der Waals surface area (Å²) in [5.41, 5.74) is 1.72. The van der Waals surface area contributed by atoms with Gasteiger partial charge >= 0.3 is 0 Å². The van der Waals surface area contributed by atoms with Gasteiger partial charge in [-0.3, -0.25) is 14.5 Å². The van der Waals surface area contributed by atoms with Crippen LogP contribution in [-0.2, 0) is 14.3 Å². The van der Waals surface area contributed by atoms with E-state index in [9.17, 15) is 9.59 Å². The van der Waals surface area contributed by atoms with Gasteiger partial charge in [0.15, 0.2) is 11.5 Å². The van der Waals surface area contributed by atoms with E-state index >= 15 is 0 Å². The summed E-state index contributed by atoms with van der Waals surface area (Å²) in [6.45, 7) is 6.89. The summed E-state index contributed by atoms with van der Waals surface area (Å²) in [7, 11) is 0. The Morgan fingerprint density at radius 3 is 2.59 bits per heavy atom. The van der Waals surface area contributed by atoms with Crippen molar-refractivity contribution in [2.45, 2.75) is 31.6 Å². The van der Waals surface area contributed by atoms with Crippen molar-refractivity contribution in [2.24, 2.45) is 5.92 Å². The molecule has 0 bridgehead atoms. The Hall–Kier alpha value is -2.45. The largest absolute Gasteiger partial charge is 0.440 e. The van der Waals surface area contributed by atoms with E-state index in [4.69, 9.17) is 9.15 Å². The minimum absolute atomic E-state index is 0.0849. The van der Waals surface area contributed by atoms with E-state index in [1.54, 1.807) is 0 Å². The van der Waals surface area contributed by atoms with Crippen LogP contribution in [-0.4, -0.2) is 90.5 Å².